The van der Waals surface area contributed by atoms with E-state index >= 15 is 0 Å². The maximum Gasteiger partial charge on any atom is 0.126 e. The lowest BCUT2D eigenvalue weighted by Gasteiger charge is -2.17. The van der Waals surface area contributed by atoms with E-state index in [1.807, 2.05) is 18.8 Å². The van der Waals surface area contributed by atoms with Crippen molar-refractivity contribution in [2.45, 2.75) is 26.3 Å². The Morgan fingerprint density at radius 2 is 2.06 bits per heavy atom. The van der Waals surface area contributed by atoms with Gasteiger partial charge in [0.05, 0.1) is 0 Å². The van der Waals surface area contributed by atoms with Crippen LogP contribution >= 0.6 is 23.4 Å². The summed E-state index contributed by atoms with van der Waals surface area (Å²) in [5, 5.41) is 3.83. The summed E-state index contributed by atoms with van der Waals surface area (Å²) < 4.78 is 13.6. The number of rotatable bonds is 7. The lowest BCUT2D eigenvalue weighted by molar-refractivity contribution is 0.568. The molecular weight excluding hydrogens is 269 g/mol. The van der Waals surface area contributed by atoms with Gasteiger partial charge in [-0.15, -0.1) is 0 Å². The molecule has 0 fully saturated rings. The molecule has 1 aromatic rings. The molecule has 0 heterocycles. The molecule has 0 spiro atoms. The molecule has 1 N–H and O–H groups in total. The second kappa shape index (κ2) is 8.03. The van der Waals surface area contributed by atoms with Crippen LogP contribution in [0.1, 0.15) is 19.4 Å². The number of likely N-dealkylation sites (N-methyl/N-ethyl adjacent to an activating group) is 1. The standard InChI is InChI=1S/C14H21ClFNS/c1-10(2)8-18-9-13(17-3)7-11-6-12(15)4-5-14(11)16/h4-6,10,13,17H,7-9H2,1-3H3. The Labute approximate surface area is 118 Å². The highest BCUT2D eigenvalue weighted by molar-refractivity contribution is 7.99. The van der Waals surface area contributed by atoms with Gasteiger partial charge in [-0.3, -0.25) is 0 Å². The van der Waals surface area contributed by atoms with Crippen molar-refractivity contribution in [3.05, 3.63) is 34.6 Å². The zero-order valence-corrected chi connectivity index (χ0v) is 12.7. The van der Waals surface area contributed by atoms with Crippen LogP contribution in [0.25, 0.3) is 0 Å². The first-order chi connectivity index (χ1) is 8.52. The average molecular weight is 290 g/mol. The van der Waals surface area contributed by atoms with Crippen molar-refractivity contribution < 1.29 is 4.39 Å². The summed E-state index contributed by atoms with van der Waals surface area (Å²) in [4.78, 5) is 0. The molecule has 102 valence electrons. The molecule has 4 heteroatoms. The minimum Gasteiger partial charge on any atom is -0.316 e. The topological polar surface area (TPSA) is 12.0 Å². The monoisotopic (exact) mass is 289 g/mol. The summed E-state index contributed by atoms with van der Waals surface area (Å²) >= 11 is 7.80. The zero-order chi connectivity index (χ0) is 13.5. The summed E-state index contributed by atoms with van der Waals surface area (Å²) in [5.74, 6) is 2.64. The van der Waals surface area contributed by atoms with Crippen LogP contribution < -0.4 is 5.32 Å². The number of thioether (sulfide) groups is 1. The maximum atomic E-state index is 13.6. The first kappa shape index (κ1) is 15.8. The van der Waals surface area contributed by atoms with E-state index in [0.717, 1.165) is 11.5 Å². The molecule has 0 amide bonds. The number of hydrogen-bond donors (Lipinski definition) is 1. The molecule has 0 saturated heterocycles. The van der Waals surface area contributed by atoms with Crippen LogP contribution in [0.4, 0.5) is 4.39 Å². The van der Waals surface area contributed by atoms with Crippen molar-refractivity contribution in [3.8, 4) is 0 Å². The third-order valence-corrected chi connectivity index (χ3v) is 4.43. The molecule has 1 unspecified atom stereocenters. The average Bonchev–Trinajstić information content (AvgIpc) is 2.32. The molecule has 1 nitrogen and oxygen atoms in total. The fourth-order valence-electron chi connectivity index (χ4n) is 1.66. The molecule has 18 heavy (non-hydrogen) atoms. The fourth-order valence-corrected chi connectivity index (χ4v) is 3.03. The summed E-state index contributed by atoms with van der Waals surface area (Å²) in [6.07, 6.45) is 0.675. The van der Waals surface area contributed by atoms with E-state index < -0.39 is 0 Å². The third kappa shape index (κ3) is 5.59. The van der Waals surface area contributed by atoms with Gasteiger partial charge in [0.15, 0.2) is 0 Å². The molecule has 0 aliphatic rings. The molecule has 0 aliphatic carbocycles. The van der Waals surface area contributed by atoms with Crippen LogP contribution in [0, 0.1) is 11.7 Å². The Bertz CT molecular complexity index is 371. The van der Waals surface area contributed by atoms with Crippen LogP contribution in [0.3, 0.4) is 0 Å². The van der Waals surface area contributed by atoms with Crippen molar-refractivity contribution in [2.24, 2.45) is 5.92 Å². The lowest BCUT2D eigenvalue weighted by atomic mass is 10.1. The summed E-state index contributed by atoms with van der Waals surface area (Å²) in [5.41, 5.74) is 0.687. The Morgan fingerprint density at radius 3 is 2.67 bits per heavy atom. The largest absolute Gasteiger partial charge is 0.316 e. The first-order valence-electron chi connectivity index (χ1n) is 6.22. The Balaban J connectivity index is 2.54. The van der Waals surface area contributed by atoms with E-state index in [9.17, 15) is 4.39 Å². The molecule has 0 bridgehead atoms. The van der Waals surface area contributed by atoms with Crippen LogP contribution in [-0.2, 0) is 6.42 Å². The first-order valence-corrected chi connectivity index (χ1v) is 7.75. The second-order valence-corrected chi connectivity index (χ2v) is 6.37. The van der Waals surface area contributed by atoms with Gasteiger partial charge in [-0.05, 0) is 48.9 Å². The minimum absolute atomic E-state index is 0.173. The number of benzene rings is 1. The smallest absolute Gasteiger partial charge is 0.126 e. The van der Waals surface area contributed by atoms with E-state index in [0.29, 0.717) is 22.9 Å². The SMILES string of the molecule is CNC(CSCC(C)C)Cc1cc(Cl)ccc1F. The molecule has 1 atom stereocenters. The molecule has 1 rings (SSSR count). The van der Waals surface area contributed by atoms with Gasteiger partial charge >= 0.3 is 0 Å². The summed E-state index contributed by atoms with van der Waals surface area (Å²) in [6.45, 7) is 4.41. The summed E-state index contributed by atoms with van der Waals surface area (Å²) in [6, 6.07) is 5.02. The van der Waals surface area contributed by atoms with Gasteiger partial charge < -0.3 is 5.32 Å². The van der Waals surface area contributed by atoms with E-state index in [2.05, 4.69) is 19.2 Å². The van der Waals surface area contributed by atoms with Crippen molar-refractivity contribution in [1.82, 2.24) is 5.32 Å². The van der Waals surface area contributed by atoms with E-state index in [1.165, 1.54) is 6.07 Å². The van der Waals surface area contributed by atoms with Gasteiger partial charge in [-0.25, -0.2) is 4.39 Å². The summed E-state index contributed by atoms with van der Waals surface area (Å²) in [7, 11) is 1.92. The van der Waals surface area contributed by atoms with Gasteiger partial charge in [0.1, 0.15) is 5.82 Å². The number of halogens is 2. The predicted octanol–water partition coefficient (Wildman–Crippen LogP) is 4.00. The quantitative estimate of drug-likeness (QED) is 0.814. The van der Waals surface area contributed by atoms with Crippen LogP contribution in [0.15, 0.2) is 18.2 Å². The van der Waals surface area contributed by atoms with Crippen LogP contribution in [-0.4, -0.2) is 24.6 Å². The molecule has 0 aliphatic heterocycles. The number of nitrogens with one attached hydrogen (secondary N) is 1. The molecule has 0 radical (unpaired) electrons. The van der Waals surface area contributed by atoms with Crippen molar-refractivity contribution in [3.63, 3.8) is 0 Å². The van der Waals surface area contributed by atoms with E-state index in [-0.39, 0.29) is 11.9 Å². The maximum absolute atomic E-state index is 13.6. The lowest BCUT2D eigenvalue weighted by Crippen LogP contribution is -2.30. The van der Waals surface area contributed by atoms with Crippen LogP contribution in [0.5, 0.6) is 0 Å². The van der Waals surface area contributed by atoms with Gasteiger partial charge in [-0.1, -0.05) is 25.4 Å². The second-order valence-electron chi connectivity index (χ2n) is 4.86. The normalized spacial score (nSPS) is 13.0. The number of hydrogen-bond acceptors (Lipinski definition) is 2. The minimum atomic E-state index is -0.173. The third-order valence-electron chi connectivity index (χ3n) is 2.65. The van der Waals surface area contributed by atoms with Gasteiger partial charge in [0, 0.05) is 16.8 Å². The van der Waals surface area contributed by atoms with Crippen LogP contribution in [0.2, 0.25) is 5.02 Å². The molecular formula is C14H21ClFNS. The molecule has 0 saturated carbocycles. The zero-order valence-electron chi connectivity index (χ0n) is 11.2. The van der Waals surface area contributed by atoms with E-state index in [4.69, 9.17) is 11.6 Å². The van der Waals surface area contributed by atoms with E-state index in [1.54, 1.807) is 12.1 Å². The predicted molar refractivity (Wildman–Crippen MR) is 80.1 cm³/mol. The highest BCUT2D eigenvalue weighted by Crippen LogP contribution is 2.18. The highest BCUT2D eigenvalue weighted by Gasteiger charge is 2.11. The molecule has 1 aromatic carbocycles. The van der Waals surface area contributed by atoms with Crippen molar-refractivity contribution in [2.75, 3.05) is 18.6 Å². The van der Waals surface area contributed by atoms with Crippen molar-refractivity contribution >= 4 is 23.4 Å². The Kier molecular flexibility index (Phi) is 7.05. The van der Waals surface area contributed by atoms with Gasteiger partial charge in [0.25, 0.3) is 0 Å². The van der Waals surface area contributed by atoms with Crippen molar-refractivity contribution in [1.29, 1.82) is 0 Å². The fraction of sp³-hybridized carbons (Fsp3) is 0.571. The molecule has 0 aromatic heterocycles. The Morgan fingerprint density at radius 1 is 1.33 bits per heavy atom. The van der Waals surface area contributed by atoms with Gasteiger partial charge in [0.2, 0.25) is 0 Å². The van der Waals surface area contributed by atoms with Gasteiger partial charge in [-0.2, -0.15) is 11.8 Å². The highest BCUT2D eigenvalue weighted by atomic mass is 35.5. The Hall–Kier alpha value is -0.250.